The maximum atomic E-state index is 5.73. The van der Waals surface area contributed by atoms with E-state index in [0.717, 1.165) is 12.5 Å². The molecule has 0 fully saturated rings. The van der Waals surface area contributed by atoms with Crippen molar-refractivity contribution in [3.8, 4) is 0 Å². The summed E-state index contributed by atoms with van der Waals surface area (Å²) in [6.07, 6.45) is 11.2. The van der Waals surface area contributed by atoms with Gasteiger partial charge in [-0.1, -0.05) is 33.1 Å². The zero-order valence-corrected chi connectivity index (χ0v) is 10.9. The summed E-state index contributed by atoms with van der Waals surface area (Å²) in [7, 11) is 2.02. The third kappa shape index (κ3) is 4.79. The average molecular weight is 225 g/mol. The van der Waals surface area contributed by atoms with Gasteiger partial charge in [0, 0.05) is 0 Å². The molecule has 0 unspecified atom stereocenters. The van der Waals surface area contributed by atoms with Gasteiger partial charge >= 0.3 is 0 Å². The van der Waals surface area contributed by atoms with Gasteiger partial charge in [0.25, 0.3) is 0 Å². The van der Waals surface area contributed by atoms with Crippen molar-refractivity contribution in [2.45, 2.75) is 46.3 Å². The Hall–Kier alpha value is -0.830. The van der Waals surface area contributed by atoms with Crippen LogP contribution in [0, 0.1) is 5.92 Å². The fraction of sp³-hybridized carbons (Fsp3) is 0.769. The van der Waals surface area contributed by atoms with E-state index in [1.165, 1.54) is 25.7 Å². The highest BCUT2D eigenvalue weighted by Gasteiger charge is 2.07. The largest absolute Gasteiger partial charge is 0.341 e. The summed E-state index contributed by atoms with van der Waals surface area (Å²) in [6.45, 7) is 6.05. The van der Waals surface area contributed by atoms with Crippen molar-refractivity contribution in [3.05, 3.63) is 18.7 Å². The van der Waals surface area contributed by atoms with Crippen LogP contribution in [0.1, 0.15) is 39.5 Å². The molecule has 1 aromatic rings. The molecular formula is C13H25N2O+. The minimum absolute atomic E-state index is 0.670. The standard InChI is InChI=1S/C13H25N2O/c1-4-6-7-13(5-2)10-16-12-15-9-8-14(3)11-15/h8-9,11,13H,4-7,10,12H2,1-3H3/q+1/t13-/m0/s1. The molecule has 3 heteroatoms. The number of rotatable bonds is 8. The minimum Gasteiger partial charge on any atom is -0.341 e. The van der Waals surface area contributed by atoms with Crippen molar-refractivity contribution in [2.24, 2.45) is 13.0 Å². The Morgan fingerprint density at radius 3 is 2.75 bits per heavy atom. The molecule has 0 amide bonds. The first-order chi connectivity index (χ1) is 7.76. The molecule has 0 saturated carbocycles. The van der Waals surface area contributed by atoms with E-state index in [1.807, 2.05) is 30.3 Å². The van der Waals surface area contributed by atoms with Crippen LogP contribution in [0.2, 0.25) is 0 Å². The lowest BCUT2D eigenvalue weighted by atomic mass is 10.0. The van der Waals surface area contributed by atoms with E-state index < -0.39 is 0 Å². The molecular weight excluding hydrogens is 200 g/mol. The maximum absolute atomic E-state index is 5.73. The van der Waals surface area contributed by atoms with E-state index >= 15 is 0 Å². The monoisotopic (exact) mass is 225 g/mol. The van der Waals surface area contributed by atoms with Crippen LogP contribution < -0.4 is 4.57 Å². The van der Waals surface area contributed by atoms with E-state index in [1.54, 1.807) is 0 Å². The lowest BCUT2D eigenvalue weighted by molar-refractivity contribution is -0.671. The summed E-state index contributed by atoms with van der Waals surface area (Å²) in [5, 5.41) is 0. The predicted molar refractivity (Wildman–Crippen MR) is 64.9 cm³/mol. The predicted octanol–water partition coefficient (Wildman–Crippen LogP) is 2.50. The van der Waals surface area contributed by atoms with Crippen LogP contribution >= 0.6 is 0 Å². The summed E-state index contributed by atoms with van der Waals surface area (Å²) in [5.41, 5.74) is 0. The molecule has 16 heavy (non-hydrogen) atoms. The lowest BCUT2D eigenvalue weighted by Gasteiger charge is -2.13. The number of hydrogen-bond donors (Lipinski definition) is 0. The van der Waals surface area contributed by atoms with Crippen LogP contribution in [0.3, 0.4) is 0 Å². The molecule has 0 aliphatic carbocycles. The van der Waals surface area contributed by atoms with E-state index in [2.05, 4.69) is 18.4 Å². The molecule has 0 N–H and O–H groups in total. The van der Waals surface area contributed by atoms with Crippen LogP contribution in [-0.2, 0) is 18.5 Å². The Labute approximate surface area is 99.0 Å². The van der Waals surface area contributed by atoms with Gasteiger partial charge in [0.15, 0.2) is 6.73 Å². The fourth-order valence-corrected chi connectivity index (χ4v) is 1.80. The molecule has 0 saturated heterocycles. The molecule has 3 nitrogen and oxygen atoms in total. The highest BCUT2D eigenvalue weighted by molar-refractivity contribution is 4.63. The SMILES string of the molecule is CCCC[C@H](CC)COCn1cc[n+](C)c1. The van der Waals surface area contributed by atoms with E-state index in [9.17, 15) is 0 Å². The Bertz CT molecular complexity index is 283. The Morgan fingerprint density at radius 2 is 2.19 bits per heavy atom. The number of unbranched alkanes of at least 4 members (excludes halogenated alkanes) is 1. The van der Waals surface area contributed by atoms with Gasteiger partial charge in [-0.05, 0) is 12.3 Å². The first-order valence-electron chi connectivity index (χ1n) is 6.35. The summed E-state index contributed by atoms with van der Waals surface area (Å²) in [4.78, 5) is 0. The van der Waals surface area contributed by atoms with E-state index in [-0.39, 0.29) is 0 Å². The molecule has 0 aromatic carbocycles. The molecule has 0 aliphatic heterocycles. The second-order valence-electron chi connectivity index (χ2n) is 4.51. The van der Waals surface area contributed by atoms with Gasteiger partial charge in [-0.25, -0.2) is 9.13 Å². The molecule has 1 heterocycles. The van der Waals surface area contributed by atoms with E-state index in [4.69, 9.17) is 4.74 Å². The van der Waals surface area contributed by atoms with Crippen LogP contribution in [0.4, 0.5) is 0 Å². The zero-order chi connectivity index (χ0) is 11.8. The third-order valence-electron chi connectivity index (χ3n) is 2.96. The highest BCUT2D eigenvalue weighted by Crippen LogP contribution is 2.12. The van der Waals surface area contributed by atoms with Crippen LogP contribution in [0.15, 0.2) is 18.7 Å². The molecule has 0 aliphatic rings. The van der Waals surface area contributed by atoms with Crippen molar-refractivity contribution in [3.63, 3.8) is 0 Å². The molecule has 0 radical (unpaired) electrons. The second-order valence-corrected chi connectivity index (χ2v) is 4.51. The van der Waals surface area contributed by atoms with Gasteiger partial charge in [-0.15, -0.1) is 0 Å². The zero-order valence-electron chi connectivity index (χ0n) is 10.9. The summed E-state index contributed by atoms with van der Waals surface area (Å²) in [5.74, 6) is 0.726. The van der Waals surface area contributed by atoms with Crippen LogP contribution in [0.25, 0.3) is 0 Å². The Balaban J connectivity index is 2.17. The minimum atomic E-state index is 0.670. The molecule has 92 valence electrons. The van der Waals surface area contributed by atoms with Gasteiger partial charge in [-0.2, -0.15) is 0 Å². The van der Waals surface area contributed by atoms with Crippen molar-refractivity contribution in [1.29, 1.82) is 0 Å². The number of aryl methyl sites for hydroxylation is 1. The summed E-state index contributed by atoms with van der Waals surface area (Å²) < 4.78 is 9.82. The number of aromatic nitrogens is 2. The Kier molecular flexibility index (Phi) is 6.16. The van der Waals surface area contributed by atoms with Gasteiger partial charge in [-0.3, -0.25) is 0 Å². The summed E-state index contributed by atoms with van der Waals surface area (Å²) in [6, 6.07) is 0. The third-order valence-corrected chi connectivity index (χ3v) is 2.96. The quantitative estimate of drug-likeness (QED) is 0.622. The number of hydrogen-bond acceptors (Lipinski definition) is 1. The first-order valence-corrected chi connectivity index (χ1v) is 6.35. The number of nitrogens with zero attached hydrogens (tertiary/aromatic N) is 2. The van der Waals surface area contributed by atoms with Crippen molar-refractivity contribution >= 4 is 0 Å². The smallest absolute Gasteiger partial charge is 0.245 e. The van der Waals surface area contributed by atoms with Crippen molar-refractivity contribution < 1.29 is 9.30 Å². The topological polar surface area (TPSA) is 18.0 Å². The van der Waals surface area contributed by atoms with Crippen LogP contribution in [0.5, 0.6) is 0 Å². The van der Waals surface area contributed by atoms with Crippen molar-refractivity contribution in [2.75, 3.05) is 6.61 Å². The summed E-state index contributed by atoms with van der Waals surface area (Å²) >= 11 is 0. The van der Waals surface area contributed by atoms with Gasteiger partial charge in [0.2, 0.25) is 6.33 Å². The molecule has 1 rings (SSSR count). The highest BCUT2D eigenvalue weighted by atomic mass is 16.5. The molecule has 0 bridgehead atoms. The van der Waals surface area contributed by atoms with Crippen LogP contribution in [-0.4, -0.2) is 11.2 Å². The lowest BCUT2D eigenvalue weighted by Crippen LogP contribution is -2.24. The van der Waals surface area contributed by atoms with Gasteiger partial charge in [0.1, 0.15) is 12.4 Å². The first kappa shape index (κ1) is 13.2. The number of ether oxygens (including phenoxy) is 1. The normalized spacial score (nSPS) is 12.9. The average Bonchev–Trinajstić information content (AvgIpc) is 2.69. The van der Waals surface area contributed by atoms with Gasteiger partial charge < -0.3 is 4.74 Å². The van der Waals surface area contributed by atoms with E-state index in [0.29, 0.717) is 6.73 Å². The molecule has 0 spiro atoms. The second kappa shape index (κ2) is 7.44. The van der Waals surface area contributed by atoms with Gasteiger partial charge in [0.05, 0.1) is 13.7 Å². The maximum Gasteiger partial charge on any atom is 0.245 e. The Morgan fingerprint density at radius 1 is 1.38 bits per heavy atom. The fourth-order valence-electron chi connectivity index (χ4n) is 1.80. The van der Waals surface area contributed by atoms with Crippen molar-refractivity contribution in [1.82, 2.24) is 4.57 Å². The number of imidazole rings is 1. The molecule has 1 atom stereocenters. The molecule has 1 aromatic heterocycles.